The second kappa shape index (κ2) is 3.10. The van der Waals surface area contributed by atoms with E-state index < -0.39 is 0 Å². The van der Waals surface area contributed by atoms with Gasteiger partial charge in [0.15, 0.2) is 5.82 Å². The van der Waals surface area contributed by atoms with E-state index in [1.165, 1.54) is 0 Å². The zero-order chi connectivity index (χ0) is 10.1. The van der Waals surface area contributed by atoms with Crippen molar-refractivity contribution in [2.24, 2.45) is 0 Å². The van der Waals surface area contributed by atoms with Crippen LogP contribution < -0.4 is 5.73 Å². The number of hydrogen-bond acceptors (Lipinski definition) is 4. The third-order valence-corrected chi connectivity index (χ3v) is 1.79. The third-order valence-electron chi connectivity index (χ3n) is 1.79. The smallest absolute Gasteiger partial charge is 0.157 e. The maximum absolute atomic E-state index is 5.57. The van der Waals surface area contributed by atoms with E-state index in [-0.39, 0.29) is 0 Å². The molecule has 14 heavy (non-hydrogen) atoms. The average Bonchev–Trinajstić information content (AvgIpc) is 2.50. The fourth-order valence-corrected chi connectivity index (χ4v) is 1.28. The van der Waals surface area contributed by atoms with Crippen LogP contribution >= 0.6 is 0 Å². The van der Waals surface area contributed by atoms with Crippen LogP contribution in [0, 0.1) is 13.8 Å². The van der Waals surface area contributed by atoms with Crippen LogP contribution in [0.5, 0.6) is 0 Å². The lowest BCUT2D eigenvalue weighted by Gasteiger charge is -2.02. The number of hydrogen-bond donors (Lipinski definition) is 1. The third kappa shape index (κ3) is 1.56. The molecule has 2 aromatic heterocycles. The largest absolute Gasteiger partial charge is 0.396 e. The molecule has 2 aromatic rings. The van der Waals surface area contributed by atoms with Gasteiger partial charge in [-0.15, -0.1) is 0 Å². The Labute approximate surface area is 81.6 Å². The maximum atomic E-state index is 5.57. The fourth-order valence-electron chi connectivity index (χ4n) is 1.28. The summed E-state index contributed by atoms with van der Waals surface area (Å²) in [5.41, 5.74) is 7.11. The standard InChI is InChI=1S/C9H11N5/c1-6-3-9(13-7(2)12-6)14-5-8(10)4-11-14/h3-5H,10H2,1-2H3. The Morgan fingerprint density at radius 1 is 1.29 bits per heavy atom. The molecule has 0 aliphatic heterocycles. The summed E-state index contributed by atoms with van der Waals surface area (Å²) < 4.78 is 1.64. The molecule has 2 N–H and O–H groups in total. The summed E-state index contributed by atoms with van der Waals surface area (Å²) in [5.74, 6) is 1.47. The number of rotatable bonds is 1. The van der Waals surface area contributed by atoms with Gasteiger partial charge in [0.2, 0.25) is 0 Å². The van der Waals surface area contributed by atoms with Crippen LogP contribution in [0.25, 0.3) is 5.82 Å². The van der Waals surface area contributed by atoms with Gasteiger partial charge >= 0.3 is 0 Å². The van der Waals surface area contributed by atoms with Gasteiger partial charge in [-0.1, -0.05) is 0 Å². The van der Waals surface area contributed by atoms with Gasteiger partial charge in [-0.2, -0.15) is 5.10 Å². The first-order valence-electron chi connectivity index (χ1n) is 4.28. The predicted octanol–water partition coefficient (Wildman–Crippen LogP) is 0.861. The first kappa shape index (κ1) is 8.68. The minimum absolute atomic E-state index is 0.624. The minimum atomic E-state index is 0.624. The first-order valence-corrected chi connectivity index (χ1v) is 4.28. The van der Waals surface area contributed by atoms with Crippen molar-refractivity contribution in [1.82, 2.24) is 19.7 Å². The van der Waals surface area contributed by atoms with E-state index in [9.17, 15) is 0 Å². The highest BCUT2D eigenvalue weighted by molar-refractivity contribution is 5.35. The molecule has 0 fully saturated rings. The Hall–Kier alpha value is -1.91. The van der Waals surface area contributed by atoms with Crippen molar-refractivity contribution >= 4 is 5.69 Å². The Morgan fingerprint density at radius 2 is 2.07 bits per heavy atom. The highest BCUT2D eigenvalue weighted by Gasteiger charge is 2.02. The highest BCUT2D eigenvalue weighted by atomic mass is 15.3. The molecule has 5 heteroatoms. The number of nitrogen functional groups attached to an aromatic ring is 1. The van der Waals surface area contributed by atoms with Crippen LogP contribution in [-0.4, -0.2) is 19.7 Å². The molecule has 2 heterocycles. The molecule has 0 radical (unpaired) electrons. The van der Waals surface area contributed by atoms with Gasteiger partial charge in [0.1, 0.15) is 5.82 Å². The number of nitrogens with two attached hydrogens (primary N) is 1. The lowest BCUT2D eigenvalue weighted by Crippen LogP contribution is -2.02. The van der Waals surface area contributed by atoms with E-state index in [1.807, 2.05) is 19.9 Å². The molecule has 0 aromatic carbocycles. The molecule has 2 rings (SSSR count). The van der Waals surface area contributed by atoms with Crippen molar-refractivity contribution in [3.63, 3.8) is 0 Å². The molecule has 0 bridgehead atoms. The molecule has 0 aliphatic rings. The van der Waals surface area contributed by atoms with Crippen molar-refractivity contribution in [2.75, 3.05) is 5.73 Å². The lowest BCUT2D eigenvalue weighted by atomic mass is 10.4. The highest BCUT2D eigenvalue weighted by Crippen LogP contribution is 2.07. The zero-order valence-corrected chi connectivity index (χ0v) is 8.10. The maximum Gasteiger partial charge on any atom is 0.157 e. The summed E-state index contributed by atoms with van der Waals surface area (Å²) in [7, 11) is 0. The van der Waals surface area contributed by atoms with E-state index in [0.717, 1.165) is 17.3 Å². The molecule has 5 nitrogen and oxygen atoms in total. The number of aryl methyl sites for hydroxylation is 2. The van der Waals surface area contributed by atoms with Gasteiger partial charge in [0, 0.05) is 11.8 Å². The topological polar surface area (TPSA) is 69.6 Å². The van der Waals surface area contributed by atoms with Gasteiger partial charge in [-0.3, -0.25) is 0 Å². The number of anilines is 1. The minimum Gasteiger partial charge on any atom is -0.396 e. The summed E-state index contributed by atoms with van der Waals surface area (Å²) in [6, 6.07) is 1.86. The van der Waals surface area contributed by atoms with Crippen molar-refractivity contribution in [2.45, 2.75) is 13.8 Å². The van der Waals surface area contributed by atoms with Gasteiger partial charge in [-0.05, 0) is 13.8 Å². The fraction of sp³-hybridized carbons (Fsp3) is 0.222. The SMILES string of the molecule is Cc1cc(-n2cc(N)cn2)nc(C)n1. The second-order valence-electron chi connectivity index (χ2n) is 3.13. The summed E-state index contributed by atoms with van der Waals surface area (Å²) in [6.07, 6.45) is 3.31. The molecule has 0 atom stereocenters. The summed E-state index contributed by atoms with van der Waals surface area (Å²) >= 11 is 0. The Morgan fingerprint density at radius 3 is 2.64 bits per heavy atom. The van der Waals surface area contributed by atoms with Crippen LogP contribution in [0.1, 0.15) is 11.5 Å². The monoisotopic (exact) mass is 189 g/mol. The van der Waals surface area contributed by atoms with E-state index in [4.69, 9.17) is 5.73 Å². The Bertz CT molecular complexity index is 440. The molecule has 0 aliphatic carbocycles. The Kier molecular flexibility index (Phi) is 1.92. The van der Waals surface area contributed by atoms with E-state index in [2.05, 4.69) is 15.1 Å². The average molecular weight is 189 g/mol. The summed E-state index contributed by atoms with van der Waals surface area (Å²) in [5, 5.41) is 4.07. The van der Waals surface area contributed by atoms with Crippen LogP contribution in [0.3, 0.4) is 0 Å². The van der Waals surface area contributed by atoms with Crippen molar-refractivity contribution in [3.8, 4) is 5.82 Å². The molecule has 0 saturated heterocycles. The molecular formula is C9H11N5. The van der Waals surface area contributed by atoms with Crippen molar-refractivity contribution < 1.29 is 0 Å². The van der Waals surface area contributed by atoms with Crippen LogP contribution in [0.4, 0.5) is 5.69 Å². The van der Waals surface area contributed by atoms with Gasteiger partial charge < -0.3 is 5.73 Å². The molecule has 0 spiro atoms. The normalized spacial score (nSPS) is 10.4. The van der Waals surface area contributed by atoms with Crippen molar-refractivity contribution in [1.29, 1.82) is 0 Å². The second-order valence-corrected chi connectivity index (χ2v) is 3.13. The van der Waals surface area contributed by atoms with Gasteiger partial charge in [-0.25, -0.2) is 14.6 Å². The summed E-state index contributed by atoms with van der Waals surface area (Å²) in [6.45, 7) is 3.77. The summed E-state index contributed by atoms with van der Waals surface area (Å²) in [4.78, 5) is 8.43. The number of aromatic nitrogens is 4. The molecule has 72 valence electrons. The zero-order valence-electron chi connectivity index (χ0n) is 8.10. The quantitative estimate of drug-likeness (QED) is 0.722. The predicted molar refractivity (Wildman–Crippen MR) is 53.0 cm³/mol. The molecule has 0 amide bonds. The Balaban J connectivity index is 2.51. The number of nitrogens with zero attached hydrogens (tertiary/aromatic N) is 4. The van der Waals surface area contributed by atoms with E-state index in [0.29, 0.717) is 5.69 Å². The molecule has 0 saturated carbocycles. The van der Waals surface area contributed by atoms with Crippen LogP contribution in [0.15, 0.2) is 18.5 Å². The van der Waals surface area contributed by atoms with Crippen molar-refractivity contribution in [3.05, 3.63) is 30.0 Å². The van der Waals surface area contributed by atoms with Gasteiger partial charge in [0.05, 0.1) is 18.1 Å². The van der Waals surface area contributed by atoms with Crippen LogP contribution in [-0.2, 0) is 0 Å². The first-order chi connectivity index (χ1) is 6.65. The van der Waals surface area contributed by atoms with E-state index >= 15 is 0 Å². The molecular weight excluding hydrogens is 178 g/mol. The van der Waals surface area contributed by atoms with Crippen LogP contribution in [0.2, 0.25) is 0 Å². The molecule has 0 unspecified atom stereocenters. The lowest BCUT2D eigenvalue weighted by molar-refractivity contribution is 0.822. The van der Waals surface area contributed by atoms with E-state index in [1.54, 1.807) is 17.1 Å². The van der Waals surface area contributed by atoms with Gasteiger partial charge in [0.25, 0.3) is 0 Å².